The number of aromatic hydroxyl groups is 1. The van der Waals surface area contributed by atoms with Crippen LogP contribution >= 0.6 is 0 Å². The van der Waals surface area contributed by atoms with E-state index in [9.17, 15) is 14.7 Å². The van der Waals surface area contributed by atoms with E-state index in [1.54, 1.807) is 6.92 Å². The van der Waals surface area contributed by atoms with Crippen LogP contribution in [-0.2, 0) is 22.7 Å². The molecule has 1 aromatic carbocycles. The van der Waals surface area contributed by atoms with Gasteiger partial charge in [0.2, 0.25) is 11.8 Å². The number of aryl methyl sites for hydroxylation is 1. The zero-order valence-corrected chi connectivity index (χ0v) is 12.3. The summed E-state index contributed by atoms with van der Waals surface area (Å²) in [6.07, 6.45) is 2.37. The summed E-state index contributed by atoms with van der Waals surface area (Å²) in [5.41, 5.74) is 2.98. The summed E-state index contributed by atoms with van der Waals surface area (Å²) in [6, 6.07) is 1.88. The standard InChI is InChI=1S/C16H20N2O3/c1-5-14(19)17-8-12-7-10(3)13(16(21)11(12)4)9-18-15(20)6-2/h5-7,21H,1-2,8-9H2,3-4H3,(H,17,19)(H,18,20). The number of phenols is 1. The zero-order chi connectivity index (χ0) is 16.0. The van der Waals surface area contributed by atoms with Crippen molar-refractivity contribution < 1.29 is 14.7 Å². The van der Waals surface area contributed by atoms with Gasteiger partial charge in [-0.15, -0.1) is 0 Å². The van der Waals surface area contributed by atoms with Gasteiger partial charge in [0.1, 0.15) is 5.75 Å². The van der Waals surface area contributed by atoms with Crippen molar-refractivity contribution in [1.82, 2.24) is 10.6 Å². The normalized spacial score (nSPS) is 9.81. The largest absolute Gasteiger partial charge is 0.507 e. The predicted octanol–water partition coefficient (Wildman–Crippen LogP) is 1.61. The summed E-state index contributed by atoms with van der Waals surface area (Å²) in [4.78, 5) is 22.4. The summed E-state index contributed by atoms with van der Waals surface area (Å²) in [5.74, 6) is -0.440. The van der Waals surface area contributed by atoms with Crippen molar-refractivity contribution in [1.29, 1.82) is 0 Å². The topological polar surface area (TPSA) is 78.4 Å². The van der Waals surface area contributed by atoms with Gasteiger partial charge < -0.3 is 15.7 Å². The minimum atomic E-state index is -0.297. The molecule has 1 aromatic rings. The first-order chi connectivity index (χ1) is 9.90. The lowest BCUT2D eigenvalue weighted by Crippen LogP contribution is -2.22. The Morgan fingerprint density at radius 1 is 1.14 bits per heavy atom. The number of amides is 2. The lowest BCUT2D eigenvalue weighted by Gasteiger charge is -2.16. The Hall–Kier alpha value is -2.56. The Bertz CT molecular complexity index is 592. The monoisotopic (exact) mass is 288 g/mol. The fourth-order valence-electron chi connectivity index (χ4n) is 1.93. The molecule has 1 rings (SSSR count). The van der Waals surface area contributed by atoms with E-state index in [1.165, 1.54) is 12.2 Å². The Balaban J connectivity index is 2.97. The fraction of sp³-hybridized carbons (Fsp3) is 0.250. The van der Waals surface area contributed by atoms with E-state index in [2.05, 4.69) is 23.8 Å². The molecule has 5 nitrogen and oxygen atoms in total. The Morgan fingerprint density at radius 2 is 1.67 bits per heavy atom. The second kappa shape index (κ2) is 7.28. The van der Waals surface area contributed by atoms with Gasteiger partial charge in [-0.25, -0.2) is 0 Å². The summed E-state index contributed by atoms with van der Waals surface area (Å²) in [5, 5.41) is 15.6. The molecule has 0 bridgehead atoms. The van der Waals surface area contributed by atoms with E-state index in [0.29, 0.717) is 17.7 Å². The van der Waals surface area contributed by atoms with Crippen LogP contribution < -0.4 is 10.6 Å². The van der Waals surface area contributed by atoms with Crippen molar-refractivity contribution in [2.45, 2.75) is 26.9 Å². The van der Waals surface area contributed by atoms with Gasteiger partial charge in [-0.3, -0.25) is 9.59 Å². The molecule has 3 N–H and O–H groups in total. The van der Waals surface area contributed by atoms with Crippen LogP contribution in [0, 0.1) is 13.8 Å². The van der Waals surface area contributed by atoms with E-state index in [4.69, 9.17) is 0 Å². The van der Waals surface area contributed by atoms with Crippen LogP contribution in [-0.4, -0.2) is 16.9 Å². The molecular formula is C16H20N2O3. The number of hydrogen-bond donors (Lipinski definition) is 3. The molecule has 2 amide bonds. The van der Waals surface area contributed by atoms with Gasteiger partial charge in [-0.05, 0) is 42.7 Å². The van der Waals surface area contributed by atoms with Crippen LogP contribution in [0.25, 0.3) is 0 Å². The van der Waals surface area contributed by atoms with E-state index < -0.39 is 0 Å². The molecule has 5 heteroatoms. The van der Waals surface area contributed by atoms with Crippen molar-refractivity contribution in [2.75, 3.05) is 0 Å². The SMILES string of the molecule is C=CC(=O)NCc1cc(C)c(CNC(=O)C=C)c(O)c1C. The van der Waals surface area contributed by atoms with E-state index in [-0.39, 0.29) is 24.1 Å². The lowest BCUT2D eigenvalue weighted by atomic mass is 9.98. The van der Waals surface area contributed by atoms with E-state index >= 15 is 0 Å². The molecule has 0 radical (unpaired) electrons. The van der Waals surface area contributed by atoms with Gasteiger partial charge in [0.05, 0.1) is 0 Å². The van der Waals surface area contributed by atoms with Crippen molar-refractivity contribution in [3.63, 3.8) is 0 Å². The summed E-state index contributed by atoms with van der Waals surface area (Å²) < 4.78 is 0. The number of carbonyl (C=O) groups excluding carboxylic acids is 2. The van der Waals surface area contributed by atoms with Gasteiger partial charge >= 0.3 is 0 Å². The van der Waals surface area contributed by atoms with Crippen LogP contribution in [0.5, 0.6) is 5.75 Å². The quantitative estimate of drug-likeness (QED) is 0.696. The third kappa shape index (κ3) is 4.21. The van der Waals surface area contributed by atoms with Crippen LogP contribution in [0.2, 0.25) is 0 Å². The molecule has 0 aliphatic rings. The maximum atomic E-state index is 11.2. The fourth-order valence-corrected chi connectivity index (χ4v) is 1.93. The first-order valence-corrected chi connectivity index (χ1v) is 6.52. The minimum Gasteiger partial charge on any atom is -0.507 e. The van der Waals surface area contributed by atoms with Gasteiger partial charge in [0.25, 0.3) is 0 Å². The average molecular weight is 288 g/mol. The molecule has 0 atom stereocenters. The highest BCUT2D eigenvalue weighted by Gasteiger charge is 2.13. The Kier molecular flexibility index (Phi) is 5.72. The number of phenolic OH excluding ortho intramolecular Hbond substituents is 1. The summed E-state index contributed by atoms with van der Waals surface area (Å²) in [7, 11) is 0. The number of hydrogen-bond acceptors (Lipinski definition) is 3. The maximum absolute atomic E-state index is 11.2. The van der Waals surface area contributed by atoms with Crippen molar-refractivity contribution in [2.24, 2.45) is 0 Å². The highest BCUT2D eigenvalue weighted by atomic mass is 16.3. The molecule has 0 spiro atoms. The first kappa shape index (κ1) is 16.5. The first-order valence-electron chi connectivity index (χ1n) is 6.52. The second-order valence-electron chi connectivity index (χ2n) is 4.65. The predicted molar refractivity (Wildman–Crippen MR) is 81.7 cm³/mol. The van der Waals surface area contributed by atoms with Crippen LogP contribution in [0.3, 0.4) is 0 Å². The van der Waals surface area contributed by atoms with Crippen molar-refractivity contribution >= 4 is 11.8 Å². The van der Waals surface area contributed by atoms with E-state index in [1.807, 2.05) is 13.0 Å². The molecule has 21 heavy (non-hydrogen) atoms. The van der Waals surface area contributed by atoms with Crippen LogP contribution in [0.1, 0.15) is 22.3 Å². The molecular weight excluding hydrogens is 268 g/mol. The van der Waals surface area contributed by atoms with Gasteiger partial charge in [0.15, 0.2) is 0 Å². The van der Waals surface area contributed by atoms with Crippen molar-refractivity contribution in [3.05, 3.63) is 53.6 Å². The van der Waals surface area contributed by atoms with Crippen LogP contribution in [0.15, 0.2) is 31.4 Å². The molecule has 0 heterocycles. The number of nitrogens with one attached hydrogen (secondary N) is 2. The maximum Gasteiger partial charge on any atom is 0.243 e. The molecule has 0 saturated heterocycles. The summed E-state index contributed by atoms with van der Waals surface area (Å²) >= 11 is 0. The smallest absolute Gasteiger partial charge is 0.243 e. The molecule has 0 unspecified atom stereocenters. The highest BCUT2D eigenvalue weighted by molar-refractivity contribution is 5.87. The average Bonchev–Trinajstić information content (AvgIpc) is 2.48. The Labute approximate surface area is 124 Å². The molecule has 0 aliphatic carbocycles. The molecule has 0 saturated carbocycles. The van der Waals surface area contributed by atoms with Gasteiger partial charge in [-0.2, -0.15) is 0 Å². The zero-order valence-electron chi connectivity index (χ0n) is 12.3. The Morgan fingerprint density at radius 3 is 2.19 bits per heavy atom. The second-order valence-corrected chi connectivity index (χ2v) is 4.65. The lowest BCUT2D eigenvalue weighted by molar-refractivity contribution is -0.117. The number of rotatable bonds is 6. The van der Waals surface area contributed by atoms with E-state index in [0.717, 1.165) is 11.1 Å². The highest BCUT2D eigenvalue weighted by Crippen LogP contribution is 2.28. The molecule has 0 aromatic heterocycles. The van der Waals surface area contributed by atoms with Gasteiger partial charge in [0, 0.05) is 18.7 Å². The third-order valence-corrected chi connectivity index (χ3v) is 3.25. The minimum absolute atomic E-state index is 0.127. The van der Waals surface area contributed by atoms with Crippen LogP contribution in [0.4, 0.5) is 0 Å². The summed E-state index contributed by atoms with van der Waals surface area (Å²) in [6.45, 7) is 10.9. The molecule has 112 valence electrons. The molecule has 0 aliphatic heterocycles. The number of benzene rings is 1. The number of carbonyl (C=O) groups is 2. The third-order valence-electron chi connectivity index (χ3n) is 3.25. The van der Waals surface area contributed by atoms with Gasteiger partial charge in [-0.1, -0.05) is 19.2 Å². The van der Waals surface area contributed by atoms with Crippen molar-refractivity contribution in [3.8, 4) is 5.75 Å². The molecule has 0 fully saturated rings.